The lowest BCUT2D eigenvalue weighted by Gasteiger charge is -2.47. The summed E-state index contributed by atoms with van der Waals surface area (Å²) in [5.74, 6) is 1.37. The molecule has 0 saturated carbocycles. The molecular formula is C33H39Cl2N5O3. The number of aliphatic hydroxyl groups excluding tert-OH is 1. The topological polar surface area (TPSA) is 91.2 Å². The summed E-state index contributed by atoms with van der Waals surface area (Å²) in [6.07, 6.45) is 2.46. The maximum Gasteiger partial charge on any atom is 0.326 e. The quantitative estimate of drug-likeness (QED) is 0.332. The average molecular weight is 625 g/mol. The SMILES string of the molecule is CCOc1nc(C(C)(C)C)ncc1C1=N[C@@](C)(c2ccc(Cl)cc2)[C@@](C)(c2ccc(Cl)cc2)N1C(=O)N1CCCC(O)C1. The fraction of sp³-hybridized carbons (Fsp3) is 0.455. The monoisotopic (exact) mass is 623 g/mol. The Balaban J connectivity index is 1.80. The van der Waals surface area contributed by atoms with E-state index in [1.54, 1.807) is 16.0 Å². The van der Waals surface area contributed by atoms with Crippen molar-refractivity contribution >= 4 is 35.1 Å². The molecule has 10 heteroatoms. The lowest BCUT2D eigenvalue weighted by Crippen LogP contribution is -2.59. The molecule has 2 aliphatic heterocycles. The molecule has 2 amide bonds. The largest absolute Gasteiger partial charge is 0.477 e. The summed E-state index contributed by atoms with van der Waals surface area (Å²) < 4.78 is 6.10. The number of likely N-dealkylation sites (tertiary alicyclic amines) is 1. The van der Waals surface area contributed by atoms with E-state index in [0.717, 1.165) is 11.1 Å². The van der Waals surface area contributed by atoms with Crippen LogP contribution in [0.1, 0.15) is 76.9 Å². The molecular weight excluding hydrogens is 585 g/mol. The van der Waals surface area contributed by atoms with Crippen LogP contribution in [0.2, 0.25) is 10.0 Å². The summed E-state index contributed by atoms with van der Waals surface area (Å²) >= 11 is 12.7. The highest BCUT2D eigenvalue weighted by molar-refractivity contribution is 6.30. The number of hydrogen-bond donors (Lipinski definition) is 1. The average Bonchev–Trinajstić information content (AvgIpc) is 3.21. The molecule has 3 atom stereocenters. The lowest BCUT2D eigenvalue weighted by molar-refractivity contribution is 0.0596. The van der Waals surface area contributed by atoms with Gasteiger partial charge >= 0.3 is 6.03 Å². The van der Waals surface area contributed by atoms with E-state index in [1.807, 2.05) is 90.1 Å². The van der Waals surface area contributed by atoms with E-state index in [4.69, 9.17) is 42.9 Å². The van der Waals surface area contributed by atoms with E-state index in [2.05, 4.69) is 0 Å². The van der Waals surface area contributed by atoms with Crippen LogP contribution < -0.4 is 4.74 Å². The first-order valence-corrected chi connectivity index (χ1v) is 15.4. The predicted molar refractivity (Wildman–Crippen MR) is 170 cm³/mol. The van der Waals surface area contributed by atoms with E-state index in [0.29, 0.717) is 59.1 Å². The fourth-order valence-electron chi connectivity index (χ4n) is 5.96. The first-order valence-electron chi connectivity index (χ1n) is 14.7. The molecule has 1 N–H and O–H groups in total. The summed E-state index contributed by atoms with van der Waals surface area (Å²) in [5.41, 5.74) is -0.144. The Morgan fingerprint density at radius 3 is 2.21 bits per heavy atom. The third kappa shape index (κ3) is 5.61. The smallest absolute Gasteiger partial charge is 0.326 e. The molecule has 1 fully saturated rings. The van der Waals surface area contributed by atoms with Crippen LogP contribution in [-0.4, -0.2) is 62.5 Å². The van der Waals surface area contributed by atoms with E-state index in [-0.39, 0.29) is 18.0 Å². The Hall–Kier alpha value is -3.20. The highest BCUT2D eigenvalue weighted by Gasteiger charge is 2.60. The molecule has 5 rings (SSSR count). The number of carbonyl (C=O) groups excluding carboxylic acids is 1. The van der Waals surface area contributed by atoms with E-state index >= 15 is 0 Å². The number of hydrogen-bond acceptors (Lipinski definition) is 6. The third-order valence-electron chi connectivity index (χ3n) is 8.55. The van der Waals surface area contributed by atoms with Gasteiger partial charge in [-0.2, -0.15) is 4.98 Å². The van der Waals surface area contributed by atoms with E-state index in [9.17, 15) is 9.90 Å². The Kier molecular flexibility index (Phi) is 8.51. The number of aromatic nitrogens is 2. The zero-order chi connectivity index (χ0) is 31.2. The molecule has 0 aliphatic carbocycles. The van der Waals surface area contributed by atoms with Crippen molar-refractivity contribution in [2.24, 2.45) is 4.99 Å². The van der Waals surface area contributed by atoms with Crippen LogP contribution in [-0.2, 0) is 16.5 Å². The molecule has 1 unspecified atom stereocenters. The van der Waals surface area contributed by atoms with Gasteiger partial charge < -0.3 is 14.7 Å². The molecule has 8 nitrogen and oxygen atoms in total. The van der Waals surface area contributed by atoms with Gasteiger partial charge in [-0.1, -0.05) is 68.2 Å². The molecule has 1 saturated heterocycles. The second kappa shape index (κ2) is 11.7. The van der Waals surface area contributed by atoms with Crippen LogP contribution in [0.15, 0.2) is 59.7 Å². The Morgan fingerprint density at radius 2 is 1.65 bits per heavy atom. The first kappa shape index (κ1) is 31.2. The number of nitrogens with zero attached hydrogens (tertiary/aromatic N) is 5. The number of piperidine rings is 1. The van der Waals surface area contributed by atoms with Crippen LogP contribution in [0.3, 0.4) is 0 Å². The van der Waals surface area contributed by atoms with Crippen molar-refractivity contribution < 1.29 is 14.6 Å². The molecule has 228 valence electrons. The summed E-state index contributed by atoms with van der Waals surface area (Å²) in [4.78, 5) is 33.2. The van der Waals surface area contributed by atoms with Crippen LogP contribution in [0.5, 0.6) is 5.88 Å². The summed E-state index contributed by atoms with van der Waals surface area (Å²) in [6.45, 7) is 13.2. The summed E-state index contributed by atoms with van der Waals surface area (Å²) in [7, 11) is 0. The van der Waals surface area contributed by atoms with Crippen molar-refractivity contribution in [2.45, 2.75) is 77.0 Å². The normalized spacial score (nSPS) is 24.2. The van der Waals surface area contributed by atoms with Crippen LogP contribution in [0.4, 0.5) is 4.79 Å². The van der Waals surface area contributed by atoms with E-state index < -0.39 is 17.2 Å². The maximum atomic E-state index is 14.8. The number of ether oxygens (including phenoxy) is 1. The minimum atomic E-state index is -1.05. The standard InChI is InChI=1S/C33H39Cl2N5O3/c1-7-43-28-26(19-36-29(37-28)31(2,3)4)27-38-32(5,21-10-14-23(34)15-11-21)33(6,22-12-16-24(35)17-13-22)40(27)30(42)39-18-8-9-25(41)20-39/h10-17,19,25,41H,7-9,18,20H2,1-6H3/t25?,32-,33+/m0/s1. The van der Waals surface area contributed by atoms with Gasteiger partial charge in [-0.05, 0) is 69.0 Å². The number of amidine groups is 1. The second-order valence-corrected chi connectivity index (χ2v) is 13.4. The Bertz CT molecular complexity index is 1520. The predicted octanol–water partition coefficient (Wildman–Crippen LogP) is 6.95. The maximum absolute atomic E-state index is 14.8. The number of benzene rings is 2. The highest BCUT2D eigenvalue weighted by atomic mass is 35.5. The van der Waals surface area contributed by atoms with Gasteiger partial charge in [0.25, 0.3) is 0 Å². The van der Waals surface area contributed by atoms with Gasteiger partial charge in [-0.15, -0.1) is 0 Å². The molecule has 0 radical (unpaired) electrons. The molecule has 3 heterocycles. The third-order valence-corrected chi connectivity index (χ3v) is 9.06. The number of β-amino-alcohol motifs (C(OH)–C–C–N with tert-alkyl or cyclic N) is 1. The number of aliphatic imine (C=N–C) groups is 1. The number of halogens is 2. The van der Waals surface area contributed by atoms with Gasteiger partial charge in [-0.3, -0.25) is 9.89 Å². The number of urea groups is 1. The van der Waals surface area contributed by atoms with Gasteiger partial charge in [0.05, 0.1) is 18.3 Å². The number of amides is 2. The van der Waals surface area contributed by atoms with Gasteiger partial charge in [0.2, 0.25) is 5.88 Å². The number of aliphatic hydroxyl groups is 1. The van der Waals surface area contributed by atoms with Crippen molar-refractivity contribution in [3.05, 3.63) is 87.3 Å². The van der Waals surface area contributed by atoms with Gasteiger partial charge in [0.15, 0.2) is 0 Å². The van der Waals surface area contributed by atoms with Gasteiger partial charge in [-0.25, -0.2) is 9.78 Å². The fourth-order valence-corrected chi connectivity index (χ4v) is 6.22. The second-order valence-electron chi connectivity index (χ2n) is 12.5. The Labute approximate surface area is 263 Å². The molecule has 43 heavy (non-hydrogen) atoms. The minimum absolute atomic E-state index is 0.231. The van der Waals surface area contributed by atoms with Gasteiger partial charge in [0, 0.05) is 34.7 Å². The van der Waals surface area contributed by atoms with Crippen LogP contribution in [0.25, 0.3) is 0 Å². The molecule has 2 aliphatic rings. The molecule has 3 aromatic rings. The molecule has 0 bridgehead atoms. The summed E-state index contributed by atoms with van der Waals surface area (Å²) in [5, 5.41) is 11.7. The van der Waals surface area contributed by atoms with E-state index in [1.165, 1.54) is 0 Å². The van der Waals surface area contributed by atoms with Crippen molar-refractivity contribution in [1.82, 2.24) is 19.8 Å². The van der Waals surface area contributed by atoms with Crippen molar-refractivity contribution in [3.63, 3.8) is 0 Å². The minimum Gasteiger partial charge on any atom is -0.477 e. The zero-order valence-corrected chi connectivity index (χ0v) is 27.1. The van der Waals surface area contributed by atoms with Crippen molar-refractivity contribution in [3.8, 4) is 5.88 Å². The van der Waals surface area contributed by atoms with Crippen molar-refractivity contribution in [2.75, 3.05) is 19.7 Å². The molecule has 1 aromatic heterocycles. The Morgan fingerprint density at radius 1 is 1.05 bits per heavy atom. The van der Waals surface area contributed by atoms with Crippen LogP contribution >= 0.6 is 23.2 Å². The highest BCUT2D eigenvalue weighted by Crippen LogP contribution is 2.54. The number of carbonyl (C=O) groups is 1. The number of rotatable bonds is 5. The molecule has 2 aromatic carbocycles. The van der Waals surface area contributed by atoms with Crippen molar-refractivity contribution in [1.29, 1.82) is 0 Å². The van der Waals surface area contributed by atoms with Gasteiger partial charge in [0.1, 0.15) is 22.7 Å². The van der Waals surface area contributed by atoms with Crippen LogP contribution in [0, 0.1) is 0 Å². The summed E-state index contributed by atoms with van der Waals surface area (Å²) in [6, 6.07) is 14.8. The zero-order valence-electron chi connectivity index (χ0n) is 25.6. The first-order chi connectivity index (χ1) is 20.3. The molecule has 0 spiro atoms. The lowest BCUT2D eigenvalue weighted by atomic mass is 9.71.